The summed E-state index contributed by atoms with van der Waals surface area (Å²) in [6.07, 6.45) is 1.04. The number of rotatable bonds is 6. The van der Waals surface area contributed by atoms with Crippen molar-refractivity contribution in [2.24, 2.45) is 5.92 Å². The third-order valence-corrected chi connectivity index (χ3v) is 7.32. The highest BCUT2D eigenvalue weighted by Crippen LogP contribution is 2.29. The fraction of sp³-hybridized carbons (Fsp3) is 0.450. The molecular formula is C20H25N3O7S. The molecule has 1 atom stereocenters. The standard InChI is InChI=1S/C20H25N3O7S/c1-12-18(13(2)30-22-12)31(26,27)23-9-5-6-14(11-23)19(24)21-17-8-7-15(28-3)10-16(17)20(25)29-4/h7-8,10,14H,5-6,9,11H2,1-4H3,(H,21,24). The van der Waals surface area contributed by atoms with Gasteiger partial charge in [0.05, 0.1) is 31.4 Å². The van der Waals surface area contributed by atoms with E-state index in [0.717, 1.165) is 0 Å². The molecule has 0 spiro atoms. The van der Waals surface area contributed by atoms with Gasteiger partial charge < -0.3 is 19.3 Å². The summed E-state index contributed by atoms with van der Waals surface area (Å²) in [7, 11) is -1.14. The van der Waals surface area contributed by atoms with Gasteiger partial charge in [0.25, 0.3) is 0 Å². The number of piperidine rings is 1. The molecule has 1 aliphatic rings. The largest absolute Gasteiger partial charge is 0.497 e. The Balaban J connectivity index is 1.80. The normalized spacial score (nSPS) is 17.2. The number of carbonyl (C=O) groups excluding carboxylic acids is 2. The first-order valence-corrected chi connectivity index (χ1v) is 11.1. The van der Waals surface area contributed by atoms with Gasteiger partial charge >= 0.3 is 5.97 Å². The summed E-state index contributed by atoms with van der Waals surface area (Å²) in [4.78, 5) is 25.1. The minimum Gasteiger partial charge on any atom is -0.497 e. The summed E-state index contributed by atoms with van der Waals surface area (Å²) < 4.78 is 42.4. The lowest BCUT2D eigenvalue weighted by molar-refractivity contribution is -0.120. The molecule has 168 valence electrons. The summed E-state index contributed by atoms with van der Waals surface area (Å²) in [6, 6.07) is 4.62. The van der Waals surface area contributed by atoms with Gasteiger partial charge in [-0.25, -0.2) is 13.2 Å². The zero-order valence-corrected chi connectivity index (χ0v) is 18.6. The zero-order chi connectivity index (χ0) is 22.8. The van der Waals surface area contributed by atoms with Crippen molar-refractivity contribution in [3.8, 4) is 5.75 Å². The lowest BCUT2D eigenvalue weighted by Gasteiger charge is -2.31. The molecule has 0 aliphatic carbocycles. The van der Waals surface area contributed by atoms with E-state index in [1.807, 2.05) is 0 Å². The number of hydrogen-bond donors (Lipinski definition) is 1. The highest BCUT2D eigenvalue weighted by atomic mass is 32.2. The van der Waals surface area contributed by atoms with Gasteiger partial charge in [0.1, 0.15) is 16.3 Å². The second-order valence-corrected chi connectivity index (χ2v) is 9.12. The molecule has 10 nitrogen and oxygen atoms in total. The molecule has 1 aromatic heterocycles. The molecule has 1 aliphatic heterocycles. The van der Waals surface area contributed by atoms with Crippen molar-refractivity contribution in [3.05, 3.63) is 35.2 Å². The molecule has 1 unspecified atom stereocenters. The molecule has 31 heavy (non-hydrogen) atoms. The number of carbonyl (C=O) groups is 2. The van der Waals surface area contributed by atoms with Crippen molar-refractivity contribution in [1.82, 2.24) is 9.46 Å². The molecule has 2 aromatic rings. The van der Waals surface area contributed by atoms with Crippen molar-refractivity contribution >= 4 is 27.6 Å². The zero-order valence-electron chi connectivity index (χ0n) is 17.8. The highest BCUT2D eigenvalue weighted by molar-refractivity contribution is 7.89. The van der Waals surface area contributed by atoms with Crippen LogP contribution in [0.15, 0.2) is 27.6 Å². The van der Waals surface area contributed by atoms with Gasteiger partial charge in [0.2, 0.25) is 15.9 Å². The van der Waals surface area contributed by atoms with E-state index < -0.39 is 21.9 Å². The number of aromatic nitrogens is 1. The van der Waals surface area contributed by atoms with Gasteiger partial charge in [0, 0.05) is 13.1 Å². The molecular weight excluding hydrogens is 426 g/mol. The number of sulfonamides is 1. The lowest BCUT2D eigenvalue weighted by atomic mass is 9.98. The molecule has 11 heteroatoms. The molecule has 1 aromatic carbocycles. The Morgan fingerprint density at radius 2 is 2.00 bits per heavy atom. The van der Waals surface area contributed by atoms with E-state index in [0.29, 0.717) is 25.1 Å². The van der Waals surface area contributed by atoms with E-state index in [2.05, 4.69) is 10.5 Å². The SMILES string of the molecule is COC(=O)c1cc(OC)ccc1NC(=O)C1CCCN(S(=O)(=O)c2c(C)noc2C)C1. The van der Waals surface area contributed by atoms with Crippen LogP contribution in [0.3, 0.4) is 0 Å². The summed E-state index contributed by atoms with van der Waals surface area (Å²) in [5.74, 6) is -0.941. The van der Waals surface area contributed by atoms with Crippen molar-refractivity contribution in [3.63, 3.8) is 0 Å². The Morgan fingerprint density at radius 3 is 2.61 bits per heavy atom. The third kappa shape index (κ3) is 4.57. The summed E-state index contributed by atoms with van der Waals surface area (Å²) in [5.41, 5.74) is 0.694. The average Bonchev–Trinajstić information content (AvgIpc) is 3.12. The third-order valence-electron chi connectivity index (χ3n) is 5.21. The van der Waals surface area contributed by atoms with Crippen LogP contribution < -0.4 is 10.1 Å². The summed E-state index contributed by atoms with van der Waals surface area (Å²) in [5, 5.41) is 6.45. The van der Waals surface area contributed by atoms with Crippen molar-refractivity contribution in [2.45, 2.75) is 31.6 Å². The van der Waals surface area contributed by atoms with Gasteiger partial charge in [-0.15, -0.1) is 0 Å². The predicted octanol–water partition coefficient (Wildman–Crippen LogP) is 2.13. The van der Waals surface area contributed by atoms with E-state index in [9.17, 15) is 18.0 Å². The van der Waals surface area contributed by atoms with Gasteiger partial charge in [-0.05, 0) is 44.9 Å². The first kappa shape index (κ1) is 22.8. The first-order valence-electron chi connectivity index (χ1n) is 9.69. The molecule has 1 N–H and O–H groups in total. The predicted molar refractivity (Wildman–Crippen MR) is 110 cm³/mol. The number of aryl methyl sites for hydroxylation is 2. The fourth-order valence-corrected chi connectivity index (χ4v) is 5.43. The van der Waals surface area contributed by atoms with Crippen LogP contribution in [-0.4, -0.2) is 57.1 Å². The minimum absolute atomic E-state index is 0.0158. The molecule has 2 heterocycles. The summed E-state index contributed by atoms with van der Waals surface area (Å²) in [6.45, 7) is 3.42. The van der Waals surface area contributed by atoms with Crippen LogP contribution >= 0.6 is 0 Å². The number of ether oxygens (including phenoxy) is 2. The van der Waals surface area contributed by atoms with Crippen LogP contribution in [0.2, 0.25) is 0 Å². The van der Waals surface area contributed by atoms with E-state index in [1.165, 1.54) is 24.6 Å². The van der Waals surface area contributed by atoms with Gasteiger partial charge in [-0.2, -0.15) is 4.31 Å². The molecule has 0 bridgehead atoms. The topological polar surface area (TPSA) is 128 Å². The Bertz CT molecular complexity index is 1070. The maximum absolute atomic E-state index is 13.1. The molecule has 1 saturated heterocycles. The maximum Gasteiger partial charge on any atom is 0.340 e. The van der Waals surface area contributed by atoms with Gasteiger partial charge in [-0.3, -0.25) is 4.79 Å². The van der Waals surface area contributed by atoms with Gasteiger partial charge in [0.15, 0.2) is 5.76 Å². The average molecular weight is 452 g/mol. The second-order valence-electron chi connectivity index (χ2n) is 7.25. The van der Waals surface area contributed by atoms with E-state index in [1.54, 1.807) is 26.0 Å². The monoisotopic (exact) mass is 451 g/mol. The Labute approximate surface area is 180 Å². The number of anilines is 1. The molecule has 0 saturated carbocycles. The van der Waals surface area contributed by atoms with Crippen LogP contribution in [0, 0.1) is 19.8 Å². The van der Waals surface area contributed by atoms with Crippen LogP contribution in [0.4, 0.5) is 5.69 Å². The number of esters is 1. The Kier molecular flexibility index (Phi) is 6.65. The smallest absolute Gasteiger partial charge is 0.340 e. The van der Waals surface area contributed by atoms with E-state index in [-0.39, 0.29) is 40.1 Å². The van der Waals surface area contributed by atoms with Crippen molar-refractivity contribution in [1.29, 1.82) is 0 Å². The highest BCUT2D eigenvalue weighted by Gasteiger charge is 2.36. The Morgan fingerprint density at radius 1 is 1.26 bits per heavy atom. The number of methoxy groups -OCH3 is 2. The molecule has 0 radical (unpaired) electrons. The van der Waals surface area contributed by atoms with Crippen LogP contribution in [0.1, 0.15) is 34.7 Å². The summed E-state index contributed by atoms with van der Waals surface area (Å²) >= 11 is 0. The van der Waals surface area contributed by atoms with Crippen LogP contribution in [0.25, 0.3) is 0 Å². The van der Waals surface area contributed by atoms with Gasteiger partial charge in [-0.1, -0.05) is 5.16 Å². The van der Waals surface area contributed by atoms with Crippen molar-refractivity contribution in [2.75, 3.05) is 32.6 Å². The second kappa shape index (κ2) is 9.06. The molecule has 3 rings (SSSR count). The Hall–Kier alpha value is -2.92. The molecule has 1 amide bonds. The van der Waals surface area contributed by atoms with Crippen LogP contribution in [0.5, 0.6) is 5.75 Å². The van der Waals surface area contributed by atoms with E-state index in [4.69, 9.17) is 14.0 Å². The van der Waals surface area contributed by atoms with E-state index >= 15 is 0 Å². The van der Waals surface area contributed by atoms with Crippen LogP contribution in [-0.2, 0) is 19.6 Å². The fourth-order valence-electron chi connectivity index (χ4n) is 3.62. The maximum atomic E-state index is 13.1. The number of nitrogens with zero attached hydrogens (tertiary/aromatic N) is 2. The van der Waals surface area contributed by atoms with Crippen molar-refractivity contribution < 1.29 is 32.0 Å². The number of hydrogen-bond acceptors (Lipinski definition) is 8. The number of benzene rings is 1. The first-order chi connectivity index (χ1) is 14.7. The lowest BCUT2D eigenvalue weighted by Crippen LogP contribution is -2.44. The number of amides is 1. The molecule has 1 fully saturated rings. The minimum atomic E-state index is -3.85. The quantitative estimate of drug-likeness (QED) is 0.662. The number of nitrogens with one attached hydrogen (secondary N) is 1.